The third-order valence-corrected chi connectivity index (χ3v) is 3.58. The van der Waals surface area contributed by atoms with Crippen molar-refractivity contribution in [1.29, 1.82) is 0 Å². The molecule has 130 valence electrons. The van der Waals surface area contributed by atoms with Crippen molar-refractivity contribution in [3.05, 3.63) is 0 Å². The Hall–Kier alpha value is -0.810. The third kappa shape index (κ3) is 8.59. The average Bonchev–Trinajstić information content (AvgIpc) is 2.87. The number of carbonyl (C=O) groups is 2. The monoisotopic (exact) mass is 335 g/mol. The third-order valence-electron chi connectivity index (χ3n) is 3.58. The minimum Gasteiger partial charge on any atom is -1.00 e. The molecule has 1 fully saturated rings. The number of carbonyl (C=O) groups excluding carboxylic acids is 2. The molecule has 0 aliphatic heterocycles. The van der Waals surface area contributed by atoms with E-state index in [9.17, 15) is 9.59 Å². The number of likely N-dealkylation sites (N-methyl/N-ethyl adjacent to an activating group) is 1. The van der Waals surface area contributed by atoms with E-state index < -0.39 is 6.10 Å². The van der Waals surface area contributed by atoms with Crippen molar-refractivity contribution in [2.75, 3.05) is 34.3 Å². The Morgan fingerprint density at radius 2 is 1.77 bits per heavy atom. The maximum absolute atomic E-state index is 12.2. The Balaban J connectivity index is 0.00000441. The molecule has 1 rings (SSSR count). The SMILES string of the molecule is CCCOC(=O)C[C@H](C[N+](C)(C)C)OC(=O)C1CCCC1.[Cl-]. The molecule has 0 saturated heterocycles. The predicted molar refractivity (Wildman–Crippen MR) is 80.6 cm³/mol. The smallest absolute Gasteiger partial charge is 0.309 e. The summed E-state index contributed by atoms with van der Waals surface area (Å²) in [7, 11) is 6.06. The molecule has 0 heterocycles. The fourth-order valence-electron chi connectivity index (χ4n) is 2.64. The van der Waals surface area contributed by atoms with Crippen molar-refractivity contribution in [2.24, 2.45) is 5.92 Å². The van der Waals surface area contributed by atoms with Gasteiger partial charge in [0.25, 0.3) is 0 Å². The van der Waals surface area contributed by atoms with Crippen LogP contribution in [0.2, 0.25) is 0 Å². The Labute approximate surface area is 140 Å². The van der Waals surface area contributed by atoms with E-state index in [4.69, 9.17) is 9.47 Å². The Morgan fingerprint density at radius 1 is 1.18 bits per heavy atom. The van der Waals surface area contributed by atoms with Crippen molar-refractivity contribution in [2.45, 2.75) is 51.6 Å². The van der Waals surface area contributed by atoms with Crippen molar-refractivity contribution in [3.8, 4) is 0 Å². The van der Waals surface area contributed by atoms with Crippen LogP contribution in [0.3, 0.4) is 0 Å². The molecule has 1 saturated carbocycles. The molecule has 1 aliphatic carbocycles. The molecule has 0 N–H and O–H groups in total. The van der Waals surface area contributed by atoms with Crippen molar-refractivity contribution >= 4 is 11.9 Å². The maximum atomic E-state index is 12.2. The van der Waals surface area contributed by atoms with E-state index in [1.54, 1.807) is 0 Å². The summed E-state index contributed by atoms with van der Waals surface area (Å²) < 4.78 is 11.4. The van der Waals surface area contributed by atoms with E-state index in [0.717, 1.165) is 32.1 Å². The van der Waals surface area contributed by atoms with E-state index in [2.05, 4.69) is 0 Å². The normalized spacial score (nSPS) is 16.7. The maximum Gasteiger partial charge on any atom is 0.309 e. The van der Waals surface area contributed by atoms with Gasteiger partial charge in [0.05, 0.1) is 40.1 Å². The summed E-state index contributed by atoms with van der Waals surface area (Å²) in [5, 5.41) is 0. The van der Waals surface area contributed by atoms with Gasteiger partial charge in [-0.25, -0.2) is 0 Å². The standard InChI is InChI=1S/C16H30NO4.ClH/c1-5-10-20-15(18)11-14(12-17(2,3)4)21-16(19)13-8-6-7-9-13;/h13-14H,5-12H2,1-4H3;1H/q+1;/p-1/t14-;/m1./s1. The molecule has 0 amide bonds. The Morgan fingerprint density at radius 3 is 2.27 bits per heavy atom. The summed E-state index contributed by atoms with van der Waals surface area (Å²) in [6.07, 6.45) is 4.56. The summed E-state index contributed by atoms with van der Waals surface area (Å²) >= 11 is 0. The highest BCUT2D eigenvalue weighted by Gasteiger charge is 2.30. The average molecular weight is 336 g/mol. The van der Waals surface area contributed by atoms with Gasteiger partial charge in [-0.05, 0) is 19.3 Å². The highest BCUT2D eigenvalue weighted by Crippen LogP contribution is 2.26. The molecule has 0 aromatic carbocycles. The molecule has 0 radical (unpaired) electrons. The fourth-order valence-corrected chi connectivity index (χ4v) is 2.64. The van der Waals surface area contributed by atoms with Crippen LogP contribution in [0.15, 0.2) is 0 Å². The lowest BCUT2D eigenvalue weighted by molar-refractivity contribution is -0.873. The molecule has 1 atom stereocenters. The number of ether oxygens (including phenoxy) is 2. The van der Waals surface area contributed by atoms with Gasteiger partial charge in [-0.15, -0.1) is 0 Å². The fraction of sp³-hybridized carbons (Fsp3) is 0.875. The summed E-state index contributed by atoms with van der Waals surface area (Å²) in [4.78, 5) is 23.9. The van der Waals surface area contributed by atoms with Crippen LogP contribution in [0.25, 0.3) is 0 Å². The molecule has 0 unspecified atom stereocenters. The number of hydrogen-bond donors (Lipinski definition) is 0. The molecule has 0 aromatic rings. The van der Waals surface area contributed by atoms with Crippen LogP contribution in [0.5, 0.6) is 0 Å². The minimum atomic E-state index is -0.401. The van der Waals surface area contributed by atoms with Gasteiger partial charge in [-0.3, -0.25) is 9.59 Å². The van der Waals surface area contributed by atoms with E-state index in [1.807, 2.05) is 28.1 Å². The zero-order chi connectivity index (χ0) is 15.9. The number of hydrogen-bond acceptors (Lipinski definition) is 4. The van der Waals surface area contributed by atoms with Crippen LogP contribution in [-0.2, 0) is 19.1 Å². The Bertz CT molecular complexity index is 349. The number of quaternary nitrogens is 1. The van der Waals surface area contributed by atoms with E-state index in [-0.39, 0.29) is 36.7 Å². The molecular formula is C16H30ClNO4. The van der Waals surface area contributed by atoms with Gasteiger partial charge in [0.15, 0.2) is 6.10 Å². The quantitative estimate of drug-likeness (QED) is 0.428. The van der Waals surface area contributed by atoms with Crippen LogP contribution in [-0.4, -0.2) is 56.8 Å². The van der Waals surface area contributed by atoms with Gasteiger partial charge in [-0.1, -0.05) is 19.8 Å². The second-order valence-corrected chi connectivity index (χ2v) is 6.94. The first-order valence-electron chi connectivity index (χ1n) is 7.98. The zero-order valence-electron chi connectivity index (χ0n) is 14.3. The van der Waals surface area contributed by atoms with Crippen LogP contribution in [0.4, 0.5) is 0 Å². The van der Waals surface area contributed by atoms with Crippen molar-refractivity contribution in [3.63, 3.8) is 0 Å². The first-order chi connectivity index (χ1) is 9.81. The van der Waals surface area contributed by atoms with Crippen LogP contribution < -0.4 is 12.4 Å². The highest BCUT2D eigenvalue weighted by molar-refractivity contribution is 5.74. The first kappa shape index (κ1) is 21.2. The lowest BCUT2D eigenvalue weighted by Crippen LogP contribution is -3.00. The van der Waals surface area contributed by atoms with Gasteiger partial charge in [-0.2, -0.15) is 0 Å². The predicted octanol–water partition coefficient (Wildman–Crippen LogP) is -0.858. The van der Waals surface area contributed by atoms with Crippen LogP contribution in [0, 0.1) is 5.92 Å². The second-order valence-electron chi connectivity index (χ2n) is 6.94. The summed E-state index contributed by atoms with van der Waals surface area (Å²) in [5.41, 5.74) is 0. The molecular weight excluding hydrogens is 306 g/mol. The number of esters is 2. The lowest BCUT2D eigenvalue weighted by Gasteiger charge is -2.29. The van der Waals surface area contributed by atoms with E-state index >= 15 is 0 Å². The molecule has 22 heavy (non-hydrogen) atoms. The molecule has 0 bridgehead atoms. The molecule has 5 nitrogen and oxygen atoms in total. The Kier molecular flexibility index (Phi) is 9.69. The lowest BCUT2D eigenvalue weighted by atomic mass is 10.1. The van der Waals surface area contributed by atoms with Gasteiger partial charge < -0.3 is 26.4 Å². The molecule has 0 aromatic heterocycles. The largest absolute Gasteiger partial charge is 1.00 e. The van der Waals surface area contributed by atoms with Crippen molar-refractivity contribution in [1.82, 2.24) is 0 Å². The van der Waals surface area contributed by atoms with Gasteiger partial charge >= 0.3 is 11.9 Å². The van der Waals surface area contributed by atoms with E-state index in [1.165, 1.54) is 0 Å². The molecule has 6 heteroatoms. The first-order valence-corrected chi connectivity index (χ1v) is 7.98. The molecule has 0 spiro atoms. The van der Waals surface area contributed by atoms with Crippen molar-refractivity contribution < 1.29 is 36.0 Å². The van der Waals surface area contributed by atoms with E-state index in [0.29, 0.717) is 17.6 Å². The second kappa shape index (κ2) is 10.1. The summed E-state index contributed by atoms with van der Waals surface area (Å²) in [5.74, 6) is -0.407. The van der Waals surface area contributed by atoms with Gasteiger partial charge in [0.1, 0.15) is 6.54 Å². The minimum absolute atomic E-state index is 0. The van der Waals surface area contributed by atoms with Crippen LogP contribution >= 0.6 is 0 Å². The number of nitrogens with zero attached hydrogens (tertiary/aromatic N) is 1. The molecule has 1 aliphatic rings. The number of halogens is 1. The summed E-state index contributed by atoms with van der Waals surface area (Å²) in [6.45, 7) is 2.99. The zero-order valence-corrected chi connectivity index (χ0v) is 15.0. The number of rotatable bonds is 8. The van der Waals surface area contributed by atoms with Crippen LogP contribution in [0.1, 0.15) is 45.4 Å². The summed E-state index contributed by atoms with van der Waals surface area (Å²) in [6, 6.07) is 0. The highest BCUT2D eigenvalue weighted by atomic mass is 35.5. The van der Waals surface area contributed by atoms with Gasteiger partial charge in [0.2, 0.25) is 0 Å². The topological polar surface area (TPSA) is 52.6 Å². The van der Waals surface area contributed by atoms with Gasteiger partial charge in [0, 0.05) is 0 Å².